The molecule has 3 heterocycles. The van der Waals surface area contributed by atoms with Crippen LogP contribution in [0.5, 0.6) is 5.75 Å². The first-order valence-electron chi connectivity index (χ1n) is 11.6. The number of carbonyl (C=O) groups excluding carboxylic acids is 1. The zero-order valence-electron chi connectivity index (χ0n) is 20.8. The van der Waals surface area contributed by atoms with Gasteiger partial charge < -0.3 is 15.0 Å². The molecule has 0 saturated carbocycles. The number of rotatable bonds is 7. The lowest BCUT2D eigenvalue weighted by atomic mass is 9.97. The van der Waals surface area contributed by atoms with E-state index in [9.17, 15) is 26.4 Å². The van der Waals surface area contributed by atoms with Gasteiger partial charge in [-0.1, -0.05) is 13.0 Å². The largest absolute Gasteiger partial charge is 0.573 e. The first-order valence-corrected chi connectivity index (χ1v) is 13.1. The monoisotopic (exact) mass is 549 g/mol. The van der Waals surface area contributed by atoms with Gasteiger partial charge in [-0.2, -0.15) is 8.42 Å². The van der Waals surface area contributed by atoms with E-state index in [1.165, 1.54) is 36.4 Å². The van der Waals surface area contributed by atoms with Gasteiger partial charge in [0, 0.05) is 24.0 Å². The van der Waals surface area contributed by atoms with E-state index in [2.05, 4.69) is 31.7 Å². The number of pyridine rings is 2. The second-order valence-electron chi connectivity index (χ2n) is 9.60. The fourth-order valence-corrected chi connectivity index (χ4v) is 5.43. The molecule has 1 fully saturated rings. The maximum atomic E-state index is 13.1. The number of hydrogen-bond acceptors (Lipinski definition) is 8. The molecular weight excluding hydrogens is 523 g/mol. The van der Waals surface area contributed by atoms with Crippen molar-refractivity contribution in [3.8, 4) is 5.75 Å². The molecule has 38 heavy (non-hydrogen) atoms. The molecule has 0 aliphatic carbocycles. The number of hydrogen-bond donors (Lipinski definition) is 2. The summed E-state index contributed by atoms with van der Waals surface area (Å²) in [4.78, 5) is 23.6. The number of sulfonamides is 1. The molecule has 1 unspecified atom stereocenters. The zero-order valence-corrected chi connectivity index (χ0v) is 21.6. The number of amides is 1. The average Bonchev–Trinajstić information content (AvgIpc) is 3.11. The van der Waals surface area contributed by atoms with Crippen LogP contribution in [-0.2, 0) is 10.0 Å². The van der Waals surface area contributed by atoms with Crippen LogP contribution in [0.25, 0.3) is 0 Å². The van der Waals surface area contributed by atoms with Crippen molar-refractivity contribution in [1.82, 2.24) is 14.7 Å². The predicted molar refractivity (Wildman–Crippen MR) is 135 cm³/mol. The van der Waals surface area contributed by atoms with E-state index >= 15 is 0 Å². The maximum absolute atomic E-state index is 13.1. The molecular formula is C25H26F3N5O4S. The Morgan fingerprint density at radius 2 is 1.82 bits per heavy atom. The third-order valence-corrected chi connectivity index (χ3v) is 7.18. The van der Waals surface area contributed by atoms with E-state index in [4.69, 9.17) is 0 Å². The highest BCUT2D eigenvalue weighted by molar-refractivity contribution is 7.90. The number of benzene rings is 1. The van der Waals surface area contributed by atoms with Crippen LogP contribution in [0.2, 0.25) is 0 Å². The summed E-state index contributed by atoms with van der Waals surface area (Å²) in [6, 6.07) is 12.0. The molecule has 3 aromatic rings. The standard InChI is InChI=1S/C25H26F3N5O4S/c1-16-14-24(2,3)33(15-16)22-19(6-5-13-29-22)23(34)32-38(35,36)21-8-4-7-20(31-21)30-17-9-11-18(12-10-17)37-25(26,27)28/h4-13,16H,14-15H2,1-3H3,(H,30,31)(H,32,34). The summed E-state index contributed by atoms with van der Waals surface area (Å²) in [6.07, 6.45) is -2.37. The lowest BCUT2D eigenvalue weighted by Crippen LogP contribution is -2.41. The molecule has 9 nitrogen and oxygen atoms in total. The Balaban J connectivity index is 1.51. The Bertz CT molecular complexity index is 1430. The Morgan fingerprint density at radius 3 is 2.45 bits per heavy atom. The molecule has 2 N–H and O–H groups in total. The van der Waals surface area contributed by atoms with E-state index in [0.717, 1.165) is 18.6 Å². The predicted octanol–water partition coefficient (Wildman–Crippen LogP) is 4.86. The lowest BCUT2D eigenvalue weighted by Gasteiger charge is -2.33. The van der Waals surface area contributed by atoms with Crippen molar-refractivity contribution in [1.29, 1.82) is 0 Å². The van der Waals surface area contributed by atoms with Crippen LogP contribution in [0.4, 0.5) is 30.5 Å². The highest BCUT2D eigenvalue weighted by Gasteiger charge is 2.39. The van der Waals surface area contributed by atoms with Crippen molar-refractivity contribution in [2.24, 2.45) is 5.92 Å². The third-order valence-electron chi connectivity index (χ3n) is 5.95. The summed E-state index contributed by atoms with van der Waals surface area (Å²) in [5, 5.41) is 2.39. The summed E-state index contributed by atoms with van der Waals surface area (Å²) >= 11 is 0. The van der Waals surface area contributed by atoms with Gasteiger partial charge in [0.1, 0.15) is 17.4 Å². The molecule has 1 amide bonds. The molecule has 4 rings (SSSR count). The summed E-state index contributed by atoms with van der Waals surface area (Å²) in [5.74, 6) is -0.379. The van der Waals surface area contributed by atoms with Crippen LogP contribution in [0.3, 0.4) is 0 Å². The number of ether oxygens (including phenoxy) is 1. The number of nitrogens with zero attached hydrogens (tertiary/aromatic N) is 3. The first-order chi connectivity index (χ1) is 17.7. The molecule has 1 saturated heterocycles. The smallest absolute Gasteiger partial charge is 0.406 e. The fraction of sp³-hybridized carbons (Fsp3) is 0.320. The van der Waals surface area contributed by atoms with E-state index in [1.54, 1.807) is 12.3 Å². The van der Waals surface area contributed by atoms with E-state index in [1.807, 2.05) is 18.7 Å². The van der Waals surface area contributed by atoms with Gasteiger partial charge in [-0.05, 0) is 74.7 Å². The molecule has 2 aromatic heterocycles. The second kappa shape index (κ2) is 10.1. The average molecular weight is 550 g/mol. The Hall–Kier alpha value is -3.87. The van der Waals surface area contributed by atoms with Gasteiger partial charge >= 0.3 is 6.36 Å². The van der Waals surface area contributed by atoms with E-state index in [0.29, 0.717) is 24.0 Å². The van der Waals surface area contributed by atoms with Crippen LogP contribution in [0.1, 0.15) is 37.6 Å². The maximum Gasteiger partial charge on any atom is 0.573 e. The van der Waals surface area contributed by atoms with Crippen LogP contribution >= 0.6 is 0 Å². The number of aromatic nitrogens is 2. The Labute approximate surface area is 218 Å². The minimum absolute atomic E-state index is 0.0969. The quantitative estimate of drug-likeness (QED) is 0.430. The fourth-order valence-electron chi connectivity index (χ4n) is 4.50. The van der Waals surface area contributed by atoms with Gasteiger partial charge in [-0.15, -0.1) is 13.2 Å². The van der Waals surface area contributed by atoms with Crippen LogP contribution < -0.4 is 19.7 Å². The summed E-state index contributed by atoms with van der Waals surface area (Å²) < 4.78 is 69.0. The molecule has 1 aromatic carbocycles. The molecule has 13 heteroatoms. The Kier molecular flexibility index (Phi) is 7.24. The van der Waals surface area contributed by atoms with Crippen molar-refractivity contribution in [2.45, 2.75) is 44.1 Å². The van der Waals surface area contributed by atoms with Gasteiger partial charge in [0.2, 0.25) is 0 Å². The highest BCUT2D eigenvalue weighted by Crippen LogP contribution is 2.37. The van der Waals surface area contributed by atoms with Crippen molar-refractivity contribution in [3.63, 3.8) is 0 Å². The first kappa shape index (κ1) is 27.2. The van der Waals surface area contributed by atoms with Crippen molar-refractivity contribution >= 4 is 33.3 Å². The van der Waals surface area contributed by atoms with Crippen LogP contribution in [0.15, 0.2) is 65.8 Å². The molecule has 1 aliphatic rings. The van der Waals surface area contributed by atoms with Gasteiger partial charge in [0.15, 0.2) is 5.03 Å². The number of halogens is 3. The highest BCUT2D eigenvalue weighted by atomic mass is 32.2. The SMILES string of the molecule is CC1CN(c2ncccc2C(=O)NS(=O)(=O)c2cccc(Nc3ccc(OC(F)(F)F)cc3)n2)C(C)(C)C1. The summed E-state index contributed by atoms with van der Waals surface area (Å²) in [5.41, 5.74) is 0.196. The molecule has 1 atom stereocenters. The number of nitrogens with one attached hydrogen (secondary N) is 2. The topological polar surface area (TPSA) is 114 Å². The molecule has 0 bridgehead atoms. The molecule has 1 aliphatic heterocycles. The third kappa shape index (κ3) is 6.33. The number of alkyl halides is 3. The van der Waals surface area contributed by atoms with E-state index in [-0.39, 0.29) is 16.9 Å². The summed E-state index contributed by atoms with van der Waals surface area (Å²) in [7, 11) is -4.37. The molecule has 0 spiro atoms. The number of anilines is 3. The minimum Gasteiger partial charge on any atom is -0.406 e. The van der Waals surface area contributed by atoms with Gasteiger partial charge in [0.05, 0.1) is 5.56 Å². The van der Waals surface area contributed by atoms with Gasteiger partial charge in [0.25, 0.3) is 15.9 Å². The van der Waals surface area contributed by atoms with Crippen molar-refractivity contribution in [2.75, 3.05) is 16.8 Å². The normalized spacial score (nSPS) is 17.2. The van der Waals surface area contributed by atoms with Crippen molar-refractivity contribution in [3.05, 3.63) is 66.4 Å². The zero-order chi connectivity index (χ0) is 27.7. The molecule has 202 valence electrons. The Morgan fingerprint density at radius 1 is 1.11 bits per heavy atom. The van der Waals surface area contributed by atoms with Gasteiger partial charge in [-0.25, -0.2) is 14.7 Å². The minimum atomic E-state index is -4.82. The summed E-state index contributed by atoms with van der Waals surface area (Å²) in [6.45, 7) is 6.87. The van der Waals surface area contributed by atoms with Crippen LogP contribution in [0, 0.1) is 5.92 Å². The van der Waals surface area contributed by atoms with Crippen LogP contribution in [-0.4, -0.2) is 42.7 Å². The van der Waals surface area contributed by atoms with Gasteiger partial charge in [-0.3, -0.25) is 4.79 Å². The van der Waals surface area contributed by atoms with E-state index < -0.39 is 33.1 Å². The molecule has 0 radical (unpaired) electrons. The second-order valence-corrected chi connectivity index (χ2v) is 11.2. The van der Waals surface area contributed by atoms with Crippen molar-refractivity contribution < 1.29 is 31.1 Å². The lowest BCUT2D eigenvalue weighted by molar-refractivity contribution is -0.274. The number of carbonyl (C=O) groups is 1.